The normalized spacial score (nSPS) is 11.3. The van der Waals surface area contributed by atoms with Gasteiger partial charge in [0.2, 0.25) is 0 Å². The molecule has 0 aliphatic carbocycles. The molecule has 0 radical (unpaired) electrons. The van der Waals surface area contributed by atoms with E-state index in [-0.39, 0.29) is 42.8 Å². The van der Waals surface area contributed by atoms with Crippen LogP contribution in [0.4, 0.5) is 17.6 Å². The molecule has 0 bridgehead atoms. The highest BCUT2D eigenvalue weighted by molar-refractivity contribution is 14.0. The van der Waals surface area contributed by atoms with Crippen molar-refractivity contribution in [3.8, 4) is 11.8 Å². The Bertz CT molecular complexity index is 880. The van der Waals surface area contributed by atoms with Gasteiger partial charge < -0.3 is 15.4 Å². The molecule has 0 aromatic heterocycles. The molecule has 10 heteroatoms. The number of nitrogens with one attached hydrogen (secondary N) is 2. The molecular formula is C20H21F4IN4O. The van der Waals surface area contributed by atoms with Gasteiger partial charge in [0, 0.05) is 18.7 Å². The van der Waals surface area contributed by atoms with Crippen LogP contribution in [0.3, 0.4) is 0 Å². The predicted octanol–water partition coefficient (Wildman–Crippen LogP) is 4.51. The monoisotopic (exact) mass is 536 g/mol. The largest absolute Gasteiger partial charge is 0.484 e. The highest BCUT2D eigenvalue weighted by atomic mass is 127. The van der Waals surface area contributed by atoms with E-state index in [2.05, 4.69) is 20.4 Å². The van der Waals surface area contributed by atoms with Crippen LogP contribution < -0.4 is 15.4 Å². The maximum Gasteiger partial charge on any atom is 0.422 e. The van der Waals surface area contributed by atoms with Crippen molar-refractivity contribution < 1.29 is 22.3 Å². The Morgan fingerprint density at radius 1 is 1.13 bits per heavy atom. The molecule has 2 aromatic carbocycles. The van der Waals surface area contributed by atoms with Crippen molar-refractivity contribution in [3.05, 3.63) is 65.0 Å². The van der Waals surface area contributed by atoms with Gasteiger partial charge in [0.15, 0.2) is 12.6 Å². The Balaban J connectivity index is 0.00000450. The van der Waals surface area contributed by atoms with Crippen LogP contribution in [0.1, 0.15) is 23.6 Å². The second kappa shape index (κ2) is 12.2. The van der Waals surface area contributed by atoms with Gasteiger partial charge in [-0.15, -0.1) is 24.0 Å². The summed E-state index contributed by atoms with van der Waals surface area (Å²) in [5.41, 5.74) is 1.46. The van der Waals surface area contributed by atoms with E-state index in [1.54, 1.807) is 12.1 Å². The van der Waals surface area contributed by atoms with E-state index in [0.717, 1.165) is 5.56 Å². The minimum Gasteiger partial charge on any atom is -0.484 e. The summed E-state index contributed by atoms with van der Waals surface area (Å²) in [6.07, 6.45) is -4.39. The molecule has 0 saturated heterocycles. The van der Waals surface area contributed by atoms with E-state index < -0.39 is 18.6 Å². The van der Waals surface area contributed by atoms with Crippen LogP contribution in [-0.2, 0) is 13.1 Å². The quantitative estimate of drug-likeness (QED) is 0.237. The molecule has 0 fully saturated rings. The van der Waals surface area contributed by atoms with E-state index in [4.69, 9.17) is 5.26 Å². The number of ether oxygens (including phenoxy) is 1. The molecule has 0 aliphatic heterocycles. The zero-order chi connectivity index (χ0) is 21.3. The number of rotatable bonds is 7. The van der Waals surface area contributed by atoms with Gasteiger partial charge in [-0.2, -0.15) is 18.4 Å². The van der Waals surface area contributed by atoms with Crippen LogP contribution in [0.2, 0.25) is 0 Å². The average Bonchev–Trinajstić information content (AvgIpc) is 2.69. The molecule has 0 heterocycles. The summed E-state index contributed by atoms with van der Waals surface area (Å²) in [5.74, 6) is 0.126. The fourth-order valence-electron chi connectivity index (χ4n) is 2.33. The van der Waals surface area contributed by atoms with E-state index in [9.17, 15) is 17.6 Å². The van der Waals surface area contributed by atoms with Crippen molar-refractivity contribution in [2.75, 3.05) is 13.2 Å². The molecule has 0 amide bonds. The summed E-state index contributed by atoms with van der Waals surface area (Å²) in [4.78, 5) is 4.37. The van der Waals surface area contributed by atoms with Crippen molar-refractivity contribution in [1.29, 1.82) is 5.26 Å². The van der Waals surface area contributed by atoms with E-state index in [1.807, 2.05) is 13.0 Å². The fourth-order valence-corrected chi connectivity index (χ4v) is 2.33. The van der Waals surface area contributed by atoms with Crippen molar-refractivity contribution in [2.45, 2.75) is 26.2 Å². The third-order valence-corrected chi connectivity index (χ3v) is 3.71. The van der Waals surface area contributed by atoms with Crippen LogP contribution in [0, 0.1) is 17.1 Å². The van der Waals surface area contributed by atoms with Crippen LogP contribution in [0.15, 0.2) is 47.5 Å². The zero-order valence-electron chi connectivity index (χ0n) is 16.1. The maximum atomic E-state index is 13.9. The first-order valence-corrected chi connectivity index (χ1v) is 8.80. The van der Waals surface area contributed by atoms with Gasteiger partial charge in [-0.3, -0.25) is 0 Å². The fraction of sp³-hybridized carbons (Fsp3) is 0.300. The Labute approximate surface area is 189 Å². The van der Waals surface area contributed by atoms with Crippen LogP contribution in [0.5, 0.6) is 5.75 Å². The van der Waals surface area contributed by atoms with Crippen molar-refractivity contribution in [1.82, 2.24) is 10.6 Å². The van der Waals surface area contributed by atoms with Gasteiger partial charge in [-0.25, -0.2) is 9.38 Å². The number of benzene rings is 2. The highest BCUT2D eigenvalue weighted by Gasteiger charge is 2.28. The number of nitrogens with zero attached hydrogens (tertiary/aromatic N) is 2. The smallest absolute Gasteiger partial charge is 0.422 e. The molecular weight excluding hydrogens is 515 g/mol. The van der Waals surface area contributed by atoms with E-state index >= 15 is 0 Å². The second-order valence-electron chi connectivity index (χ2n) is 6.01. The highest BCUT2D eigenvalue weighted by Crippen LogP contribution is 2.19. The number of alkyl halides is 3. The molecule has 0 spiro atoms. The Kier molecular flexibility index (Phi) is 10.4. The molecule has 2 N–H and O–H groups in total. The second-order valence-corrected chi connectivity index (χ2v) is 6.01. The lowest BCUT2D eigenvalue weighted by Gasteiger charge is -2.12. The van der Waals surface area contributed by atoms with Gasteiger partial charge in [0.05, 0.1) is 18.2 Å². The topological polar surface area (TPSA) is 69.4 Å². The summed E-state index contributed by atoms with van der Waals surface area (Å²) < 4.78 is 55.0. The summed E-state index contributed by atoms with van der Waals surface area (Å²) in [6.45, 7) is 1.51. The van der Waals surface area contributed by atoms with Gasteiger partial charge in [-0.05, 0) is 42.8 Å². The molecule has 162 valence electrons. The lowest BCUT2D eigenvalue weighted by atomic mass is 10.1. The number of hydrogen-bond acceptors (Lipinski definition) is 3. The SMILES string of the molecule is CCNC(=NCc1ccc(OCC(F)(F)F)cc1)NCc1cc(C#N)ccc1F.I. The van der Waals surface area contributed by atoms with Gasteiger partial charge in [-0.1, -0.05) is 12.1 Å². The molecule has 0 unspecified atom stereocenters. The van der Waals surface area contributed by atoms with Crippen LogP contribution in [-0.4, -0.2) is 25.3 Å². The number of hydrogen-bond donors (Lipinski definition) is 2. The Morgan fingerprint density at radius 2 is 1.83 bits per heavy atom. The van der Waals surface area contributed by atoms with E-state index in [1.165, 1.54) is 30.3 Å². The summed E-state index contributed by atoms with van der Waals surface area (Å²) in [5, 5.41) is 14.9. The summed E-state index contributed by atoms with van der Waals surface area (Å²) in [7, 11) is 0. The minimum absolute atomic E-state index is 0. The van der Waals surface area contributed by atoms with Gasteiger partial charge >= 0.3 is 6.18 Å². The zero-order valence-corrected chi connectivity index (χ0v) is 18.4. The molecule has 0 saturated carbocycles. The summed E-state index contributed by atoms with van der Waals surface area (Å²) >= 11 is 0. The van der Waals surface area contributed by atoms with Crippen LogP contribution >= 0.6 is 24.0 Å². The predicted molar refractivity (Wildman–Crippen MR) is 116 cm³/mol. The molecule has 0 aliphatic rings. The third kappa shape index (κ3) is 8.86. The molecule has 5 nitrogen and oxygen atoms in total. The van der Waals surface area contributed by atoms with Gasteiger partial charge in [0.25, 0.3) is 0 Å². The Morgan fingerprint density at radius 3 is 2.43 bits per heavy atom. The molecule has 30 heavy (non-hydrogen) atoms. The third-order valence-electron chi connectivity index (χ3n) is 3.71. The number of aliphatic imine (C=N–C) groups is 1. The van der Waals surface area contributed by atoms with E-state index in [0.29, 0.717) is 23.6 Å². The first-order valence-electron chi connectivity index (χ1n) is 8.80. The van der Waals surface area contributed by atoms with Crippen molar-refractivity contribution in [3.63, 3.8) is 0 Å². The average molecular weight is 536 g/mol. The van der Waals surface area contributed by atoms with Crippen molar-refractivity contribution >= 4 is 29.9 Å². The minimum atomic E-state index is -4.39. The molecule has 2 rings (SSSR count). The first-order chi connectivity index (χ1) is 13.8. The first kappa shape index (κ1) is 25.5. The number of halogens is 5. The molecule has 0 atom stereocenters. The van der Waals surface area contributed by atoms with Gasteiger partial charge in [0.1, 0.15) is 11.6 Å². The molecule has 2 aromatic rings. The van der Waals surface area contributed by atoms with Crippen LogP contribution in [0.25, 0.3) is 0 Å². The summed E-state index contributed by atoms with van der Waals surface area (Å²) in [6, 6.07) is 12.2. The number of nitriles is 1. The lowest BCUT2D eigenvalue weighted by Crippen LogP contribution is -2.37. The van der Waals surface area contributed by atoms with Crippen molar-refractivity contribution in [2.24, 2.45) is 4.99 Å². The number of guanidine groups is 1. The maximum absolute atomic E-state index is 13.9. The standard InChI is InChI=1S/C20H20F4N4O.HI/c1-2-26-19(28-12-16-9-15(10-25)5-8-18(16)21)27-11-14-3-6-17(7-4-14)29-13-20(22,23)24;/h3-9H,2,11-13H2,1H3,(H2,26,27,28);1H. The Hall–Kier alpha value is -2.55. The lowest BCUT2D eigenvalue weighted by molar-refractivity contribution is -0.153.